The van der Waals surface area contributed by atoms with Crippen LogP contribution in [0.1, 0.15) is 22.7 Å². The summed E-state index contributed by atoms with van der Waals surface area (Å²) < 4.78 is 5.36. The molecule has 0 unspecified atom stereocenters. The Bertz CT molecular complexity index is 728. The monoisotopic (exact) mass is 365 g/mol. The molecule has 0 radical (unpaired) electrons. The molecule has 1 saturated heterocycles. The maximum absolute atomic E-state index is 10.4. The molecular weight excluding hydrogens is 342 g/mol. The summed E-state index contributed by atoms with van der Waals surface area (Å²) >= 11 is 3.51. The summed E-state index contributed by atoms with van der Waals surface area (Å²) in [7, 11) is 0. The fourth-order valence-corrected chi connectivity index (χ4v) is 5.87. The molecule has 0 bridgehead atoms. The van der Waals surface area contributed by atoms with Crippen molar-refractivity contribution in [2.24, 2.45) is 0 Å². The summed E-state index contributed by atoms with van der Waals surface area (Å²) in [6.45, 7) is 6.04. The molecule has 1 aliphatic carbocycles. The molecule has 3 heterocycles. The number of morpholine rings is 1. The molecule has 2 aromatic heterocycles. The molecule has 130 valence electrons. The lowest BCUT2D eigenvalue weighted by Gasteiger charge is -2.28. The van der Waals surface area contributed by atoms with E-state index in [1.165, 1.54) is 28.7 Å². The first-order valence-corrected chi connectivity index (χ1v) is 10.4. The minimum Gasteiger partial charge on any atom is -0.391 e. The maximum Gasteiger partial charge on any atom is 0.128 e. The van der Waals surface area contributed by atoms with E-state index >= 15 is 0 Å². The van der Waals surface area contributed by atoms with Crippen molar-refractivity contribution in [3.8, 4) is 0 Å². The van der Waals surface area contributed by atoms with Crippen molar-refractivity contribution in [1.29, 1.82) is 0 Å². The van der Waals surface area contributed by atoms with Crippen LogP contribution in [0.2, 0.25) is 0 Å². The zero-order valence-electron chi connectivity index (χ0n) is 14.0. The molecule has 4 rings (SSSR count). The minimum absolute atomic E-state index is 0.342. The number of hydrogen-bond acceptors (Lipinski definition) is 7. The maximum atomic E-state index is 10.4. The minimum atomic E-state index is -0.342. The van der Waals surface area contributed by atoms with E-state index in [4.69, 9.17) is 4.74 Å². The van der Waals surface area contributed by atoms with E-state index in [9.17, 15) is 5.11 Å². The highest BCUT2D eigenvalue weighted by Crippen LogP contribution is 2.40. The highest BCUT2D eigenvalue weighted by atomic mass is 32.2. The Kier molecular flexibility index (Phi) is 5.05. The van der Waals surface area contributed by atoms with E-state index in [1.54, 1.807) is 11.8 Å². The number of aliphatic hydroxyl groups excluding tert-OH is 1. The number of thioether (sulfide) groups is 1. The zero-order valence-corrected chi connectivity index (χ0v) is 15.6. The van der Waals surface area contributed by atoms with Gasteiger partial charge in [0, 0.05) is 35.7 Å². The summed E-state index contributed by atoms with van der Waals surface area (Å²) in [5.41, 5.74) is 1.46. The molecule has 1 fully saturated rings. The van der Waals surface area contributed by atoms with E-state index in [0.29, 0.717) is 12.3 Å². The first kappa shape index (κ1) is 16.7. The van der Waals surface area contributed by atoms with Crippen LogP contribution in [0, 0.1) is 6.92 Å². The molecule has 1 atom stereocenters. The van der Waals surface area contributed by atoms with Crippen LogP contribution in [0.15, 0.2) is 5.03 Å². The first-order chi connectivity index (χ1) is 11.7. The van der Waals surface area contributed by atoms with Gasteiger partial charge in [0.1, 0.15) is 15.7 Å². The number of aliphatic hydroxyl groups is 1. The van der Waals surface area contributed by atoms with Crippen LogP contribution in [0.25, 0.3) is 10.2 Å². The molecular formula is C17H23N3O2S2. The predicted molar refractivity (Wildman–Crippen MR) is 98.2 cm³/mol. The van der Waals surface area contributed by atoms with E-state index in [1.807, 2.05) is 18.3 Å². The number of thiophene rings is 1. The third-order valence-corrected chi connectivity index (χ3v) is 6.93. The van der Waals surface area contributed by atoms with Crippen molar-refractivity contribution >= 4 is 33.3 Å². The van der Waals surface area contributed by atoms with E-state index in [2.05, 4.69) is 14.9 Å². The van der Waals surface area contributed by atoms with Crippen LogP contribution in [0.5, 0.6) is 0 Å². The standard InChI is InChI=1S/C17H23N3O2S2/c1-11-18-16(15-13-3-2-4-14(13)24-17(15)19-11)23-10-12(21)9-20-5-7-22-8-6-20/h12,21H,2-10H2,1H3/t12-/m1/s1. The third kappa shape index (κ3) is 3.46. The molecule has 0 amide bonds. The summed E-state index contributed by atoms with van der Waals surface area (Å²) in [4.78, 5) is 14.2. The van der Waals surface area contributed by atoms with Gasteiger partial charge in [0.2, 0.25) is 0 Å². The van der Waals surface area contributed by atoms with E-state index in [0.717, 1.165) is 48.4 Å². The normalized spacial score (nSPS) is 19.8. The summed E-state index contributed by atoms with van der Waals surface area (Å²) in [5.74, 6) is 1.50. The van der Waals surface area contributed by atoms with Crippen LogP contribution in [-0.4, -0.2) is 64.7 Å². The largest absolute Gasteiger partial charge is 0.391 e. The van der Waals surface area contributed by atoms with Gasteiger partial charge >= 0.3 is 0 Å². The lowest BCUT2D eigenvalue weighted by Crippen LogP contribution is -2.41. The van der Waals surface area contributed by atoms with Gasteiger partial charge in [-0.25, -0.2) is 9.97 Å². The lowest BCUT2D eigenvalue weighted by atomic mass is 10.2. The molecule has 0 saturated carbocycles. The fourth-order valence-electron chi connectivity index (χ4n) is 3.48. The average Bonchev–Trinajstić information content (AvgIpc) is 3.14. The molecule has 2 aliphatic rings. The number of fused-ring (bicyclic) bond motifs is 3. The topological polar surface area (TPSA) is 58.5 Å². The van der Waals surface area contributed by atoms with Gasteiger partial charge in [-0.05, 0) is 31.7 Å². The van der Waals surface area contributed by atoms with Gasteiger partial charge in [0.05, 0.1) is 19.3 Å². The number of hydrogen-bond donors (Lipinski definition) is 1. The molecule has 24 heavy (non-hydrogen) atoms. The van der Waals surface area contributed by atoms with E-state index in [-0.39, 0.29) is 6.10 Å². The number of aryl methyl sites for hydroxylation is 3. The van der Waals surface area contributed by atoms with Crippen LogP contribution >= 0.6 is 23.1 Å². The number of ether oxygens (including phenoxy) is 1. The second kappa shape index (κ2) is 7.25. The van der Waals surface area contributed by atoms with Gasteiger partial charge < -0.3 is 9.84 Å². The molecule has 1 aliphatic heterocycles. The molecule has 7 heteroatoms. The highest BCUT2D eigenvalue weighted by Gasteiger charge is 2.23. The quantitative estimate of drug-likeness (QED) is 0.648. The average molecular weight is 366 g/mol. The van der Waals surface area contributed by atoms with Gasteiger partial charge in [-0.2, -0.15) is 0 Å². The van der Waals surface area contributed by atoms with Crippen molar-refractivity contribution in [3.63, 3.8) is 0 Å². The Morgan fingerprint density at radius 3 is 2.96 bits per heavy atom. The van der Waals surface area contributed by atoms with Crippen LogP contribution in [0.3, 0.4) is 0 Å². The number of β-amino-alcohol motifs (C(OH)–C–C–N with tert-alkyl or cyclic N) is 1. The molecule has 2 aromatic rings. The molecule has 0 spiro atoms. The SMILES string of the molecule is Cc1nc(SC[C@H](O)CN2CCOCC2)c2c3c(sc2n1)CCC3. The fraction of sp³-hybridized carbons (Fsp3) is 0.647. The van der Waals surface area contributed by atoms with Crippen LogP contribution in [0.4, 0.5) is 0 Å². The highest BCUT2D eigenvalue weighted by molar-refractivity contribution is 7.99. The third-order valence-electron chi connectivity index (χ3n) is 4.63. The number of rotatable bonds is 5. The number of nitrogens with zero attached hydrogens (tertiary/aromatic N) is 3. The molecule has 5 nitrogen and oxygen atoms in total. The number of aromatic nitrogens is 2. The van der Waals surface area contributed by atoms with Crippen LogP contribution < -0.4 is 0 Å². The summed E-state index contributed by atoms with van der Waals surface area (Å²) in [6.07, 6.45) is 3.23. The Labute approximate surface area is 150 Å². The van der Waals surface area contributed by atoms with Crippen molar-refractivity contribution in [1.82, 2.24) is 14.9 Å². The second-order valence-electron chi connectivity index (χ2n) is 6.49. The molecule has 0 aromatic carbocycles. The van der Waals surface area contributed by atoms with Gasteiger partial charge in [0.15, 0.2) is 0 Å². The Balaban J connectivity index is 1.47. The van der Waals surface area contributed by atoms with Crippen LogP contribution in [-0.2, 0) is 17.6 Å². The molecule has 1 N–H and O–H groups in total. The first-order valence-electron chi connectivity index (χ1n) is 8.60. The lowest BCUT2D eigenvalue weighted by molar-refractivity contribution is 0.0188. The van der Waals surface area contributed by atoms with Crippen molar-refractivity contribution < 1.29 is 9.84 Å². The second-order valence-corrected chi connectivity index (χ2v) is 8.58. The van der Waals surface area contributed by atoms with Crippen molar-refractivity contribution in [3.05, 3.63) is 16.3 Å². The Morgan fingerprint density at radius 2 is 2.12 bits per heavy atom. The zero-order chi connectivity index (χ0) is 16.5. The Hall–Kier alpha value is -0.730. The smallest absolute Gasteiger partial charge is 0.128 e. The predicted octanol–water partition coefficient (Wildman–Crippen LogP) is 2.27. The van der Waals surface area contributed by atoms with Gasteiger partial charge in [-0.3, -0.25) is 4.90 Å². The van der Waals surface area contributed by atoms with Crippen molar-refractivity contribution in [2.45, 2.75) is 37.3 Å². The summed E-state index contributed by atoms with van der Waals surface area (Å²) in [5, 5.41) is 12.7. The van der Waals surface area contributed by atoms with Gasteiger partial charge in [0.25, 0.3) is 0 Å². The van der Waals surface area contributed by atoms with Gasteiger partial charge in [-0.15, -0.1) is 23.1 Å². The van der Waals surface area contributed by atoms with Crippen molar-refractivity contribution in [2.75, 3.05) is 38.6 Å². The summed E-state index contributed by atoms with van der Waals surface area (Å²) in [6, 6.07) is 0. The van der Waals surface area contributed by atoms with Gasteiger partial charge in [-0.1, -0.05) is 0 Å². The Morgan fingerprint density at radius 1 is 1.29 bits per heavy atom. The van der Waals surface area contributed by atoms with E-state index < -0.39 is 0 Å².